The molecule has 3 fully saturated rings. The SMILES string of the molecule is Cc1snnc1C(=O)N1CC[C@@]2(CN(C)C[C@H]2COCC2CC2)C1. The standard InChI is InChI=1S/C17H26N4O2S/c1-12-15(18-19-24-12)16(22)21-6-5-17(11-21)10-20(2)7-14(17)9-23-8-13-3-4-13/h13-14H,3-11H2,1-2H3/t14-,17+/m0/s1. The van der Waals surface area contributed by atoms with Crippen molar-refractivity contribution in [1.82, 2.24) is 19.4 Å². The second-order valence-corrected chi connectivity index (χ2v) is 8.85. The van der Waals surface area contributed by atoms with E-state index < -0.39 is 0 Å². The van der Waals surface area contributed by atoms with Crippen LogP contribution in [0.3, 0.4) is 0 Å². The van der Waals surface area contributed by atoms with Crippen molar-refractivity contribution in [3.8, 4) is 0 Å². The van der Waals surface area contributed by atoms with E-state index in [0.717, 1.165) is 56.6 Å². The van der Waals surface area contributed by atoms with Gasteiger partial charge in [-0.25, -0.2) is 0 Å². The molecule has 0 unspecified atom stereocenters. The molecule has 0 aromatic carbocycles. The van der Waals surface area contributed by atoms with Gasteiger partial charge < -0.3 is 14.5 Å². The number of hydrogen-bond acceptors (Lipinski definition) is 6. The molecular weight excluding hydrogens is 324 g/mol. The van der Waals surface area contributed by atoms with Gasteiger partial charge >= 0.3 is 0 Å². The van der Waals surface area contributed by atoms with Gasteiger partial charge in [0, 0.05) is 44.1 Å². The second kappa shape index (κ2) is 6.35. The van der Waals surface area contributed by atoms with Crippen LogP contribution in [0, 0.1) is 24.2 Å². The third kappa shape index (κ3) is 3.09. The summed E-state index contributed by atoms with van der Waals surface area (Å²) in [4.78, 5) is 18.0. The van der Waals surface area contributed by atoms with Gasteiger partial charge in [-0.15, -0.1) is 5.10 Å². The number of rotatable bonds is 5. The number of aryl methyl sites for hydroxylation is 1. The van der Waals surface area contributed by atoms with Gasteiger partial charge in [0.25, 0.3) is 5.91 Å². The largest absolute Gasteiger partial charge is 0.381 e. The average molecular weight is 350 g/mol. The van der Waals surface area contributed by atoms with E-state index in [2.05, 4.69) is 21.5 Å². The summed E-state index contributed by atoms with van der Waals surface area (Å²) in [6.07, 6.45) is 3.73. The Bertz CT molecular complexity index is 617. The Morgan fingerprint density at radius 2 is 2.21 bits per heavy atom. The molecule has 3 heterocycles. The van der Waals surface area contributed by atoms with Crippen LogP contribution in [-0.2, 0) is 4.74 Å². The molecule has 3 aliphatic rings. The summed E-state index contributed by atoms with van der Waals surface area (Å²) in [6, 6.07) is 0. The zero-order valence-corrected chi connectivity index (χ0v) is 15.3. The molecule has 4 rings (SSSR count). The van der Waals surface area contributed by atoms with Crippen molar-refractivity contribution in [2.24, 2.45) is 17.3 Å². The van der Waals surface area contributed by atoms with Crippen LogP contribution < -0.4 is 0 Å². The van der Waals surface area contributed by atoms with E-state index in [0.29, 0.717) is 11.6 Å². The summed E-state index contributed by atoms with van der Waals surface area (Å²) in [7, 11) is 2.18. The maximum absolute atomic E-state index is 12.8. The Kier molecular flexibility index (Phi) is 4.34. The molecule has 1 aromatic rings. The van der Waals surface area contributed by atoms with Crippen LogP contribution in [0.25, 0.3) is 0 Å². The molecular formula is C17H26N4O2S. The summed E-state index contributed by atoms with van der Waals surface area (Å²) >= 11 is 1.30. The van der Waals surface area contributed by atoms with Gasteiger partial charge in [-0.2, -0.15) is 0 Å². The predicted octanol–water partition coefficient (Wildman–Crippen LogP) is 1.67. The maximum atomic E-state index is 12.8. The first-order chi connectivity index (χ1) is 11.6. The number of likely N-dealkylation sites (tertiary alicyclic amines) is 2. The van der Waals surface area contributed by atoms with E-state index >= 15 is 0 Å². The van der Waals surface area contributed by atoms with Crippen molar-refractivity contribution in [3.63, 3.8) is 0 Å². The fourth-order valence-corrected chi connectivity index (χ4v) is 4.76. The van der Waals surface area contributed by atoms with Crippen LogP contribution in [0.4, 0.5) is 0 Å². The van der Waals surface area contributed by atoms with Crippen molar-refractivity contribution in [1.29, 1.82) is 0 Å². The molecule has 0 bridgehead atoms. The van der Waals surface area contributed by atoms with E-state index in [1.165, 1.54) is 24.4 Å². The van der Waals surface area contributed by atoms with Crippen molar-refractivity contribution >= 4 is 17.4 Å². The minimum atomic E-state index is 0.0466. The highest BCUT2D eigenvalue weighted by atomic mass is 32.1. The lowest BCUT2D eigenvalue weighted by molar-refractivity contribution is 0.0528. The first kappa shape index (κ1) is 16.4. The lowest BCUT2D eigenvalue weighted by Gasteiger charge is -2.30. The number of carbonyl (C=O) groups is 1. The number of carbonyl (C=O) groups excluding carboxylic acids is 1. The third-order valence-electron chi connectivity index (χ3n) is 5.88. The number of amides is 1. The fourth-order valence-electron chi connectivity index (χ4n) is 4.30. The molecule has 0 radical (unpaired) electrons. The van der Waals surface area contributed by atoms with Crippen LogP contribution in [0.5, 0.6) is 0 Å². The lowest BCUT2D eigenvalue weighted by atomic mass is 9.77. The first-order valence-electron chi connectivity index (χ1n) is 8.92. The summed E-state index contributed by atoms with van der Waals surface area (Å²) in [5.74, 6) is 1.38. The third-order valence-corrected chi connectivity index (χ3v) is 6.51. The van der Waals surface area contributed by atoms with Gasteiger partial charge in [-0.3, -0.25) is 4.79 Å². The highest BCUT2D eigenvalue weighted by Gasteiger charge is 2.50. The molecule has 7 heteroatoms. The van der Waals surface area contributed by atoms with Gasteiger partial charge in [-0.1, -0.05) is 4.49 Å². The van der Waals surface area contributed by atoms with Gasteiger partial charge in [0.15, 0.2) is 5.69 Å². The normalized spacial score (nSPS) is 30.6. The Morgan fingerprint density at radius 3 is 2.92 bits per heavy atom. The monoisotopic (exact) mass is 350 g/mol. The van der Waals surface area contributed by atoms with E-state index in [1.807, 2.05) is 11.8 Å². The summed E-state index contributed by atoms with van der Waals surface area (Å²) in [6.45, 7) is 7.45. The minimum Gasteiger partial charge on any atom is -0.381 e. The fraction of sp³-hybridized carbons (Fsp3) is 0.824. The first-order valence-corrected chi connectivity index (χ1v) is 9.69. The summed E-state index contributed by atoms with van der Waals surface area (Å²) in [5.41, 5.74) is 0.718. The van der Waals surface area contributed by atoms with Crippen LogP contribution in [0.2, 0.25) is 0 Å². The highest BCUT2D eigenvalue weighted by Crippen LogP contribution is 2.44. The van der Waals surface area contributed by atoms with Crippen molar-refractivity contribution in [2.45, 2.75) is 26.2 Å². The summed E-state index contributed by atoms with van der Waals surface area (Å²) in [5, 5.41) is 4.03. The number of ether oxygens (including phenoxy) is 1. The Morgan fingerprint density at radius 1 is 1.38 bits per heavy atom. The molecule has 0 N–H and O–H groups in total. The molecule has 2 saturated heterocycles. The van der Waals surface area contributed by atoms with Crippen LogP contribution in [0.15, 0.2) is 0 Å². The molecule has 2 atom stereocenters. The van der Waals surface area contributed by atoms with E-state index in [4.69, 9.17) is 4.74 Å². The molecule has 1 aromatic heterocycles. The van der Waals surface area contributed by atoms with Gasteiger partial charge in [0.05, 0.1) is 11.5 Å². The predicted molar refractivity (Wildman–Crippen MR) is 92.1 cm³/mol. The molecule has 1 aliphatic carbocycles. The van der Waals surface area contributed by atoms with Crippen LogP contribution in [0.1, 0.15) is 34.6 Å². The molecule has 1 saturated carbocycles. The summed E-state index contributed by atoms with van der Waals surface area (Å²) < 4.78 is 9.92. The molecule has 2 aliphatic heterocycles. The molecule has 1 amide bonds. The van der Waals surface area contributed by atoms with Crippen molar-refractivity contribution in [2.75, 3.05) is 46.4 Å². The number of nitrogens with zero attached hydrogens (tertiary/aromatic N) is 4. The lowest BCUT2D eigenvalue weighted by Crippen LogP contribution is -2.38. The number of aromatic nitrogens is 2. The smallest absolute Gasteiger partial charge is 0.275 e. The minimum absolute atomic E-state index is 0.0466. The molecule has 132 valence electrons. The molecule has 6 nitrogen and oxygen atoms in total. The highest BCUT2D eigenvalue weighted by molar-refractivity contribution is 7.05. The van der Waals surface area contributed by atoms with Gasteiger partial charge in [-0.05, 0) is 50.7 Å². The van der Waals surface area contributed by atoms with Crippen LogP contribution in [-0.4, -0.2) is 71.7 Å². The Hall–Kier alpha value is -1.05. The number of hydrogen-bond donors (Lipinski definition) is 0. The zero-order chi connectivity index (χ0) is 16.7. The van der Waals surface area contributed by atoms with Crippen molar-refractivity contribution < 1.29 is 9.53 Å². The van der Waals surface area contributed by atoms with Crippen LogP contribution >= 0.6 is 11.5 Å². The topological polar surface area (TPSA) is 58.6 Å². The van der Waals surface area contributed by atoms with Gasteiger partial charge in [0.1, 0.15) is 0 Å². The zero-order valence-electron chi connectivity index (χ0n) is 14.5. The van der Waals surface area contributed by atoms with E-state index in [9.17, 15) is 4.79 Å². The average Bonchev–Trinajstić information content (AvgIpc) is 2.98. The molecule has 1 spiro atoms. The molecule has 24 heavy (non-hydrogen) atoms. The van der Waals surface area contributed by atoms with Gasteiger partial charge in [0.2, 0.25) is 0 Å². The van der Waals surface area contributed by atoms with E-state index in [1.54, 1.807) is 0 Å². The second-order valence-electron chi connectivity index (χ2n) is 7.89. The Balaban J connectivity index is 1.42. The maximum Gasteiger partial charge on any atom is 0.275 e. The Labute approximate surface area is 147 Å². The van der Waals surface area contributed by atoms with Crippen molar-refractivity contribution in [3.05, 3.63) is 10.6 Å². The quantitative estimate of drug-likeness (QED) is 0.808. The van der Waals surface area contributed by atoms with E-state index in [-0.39, 0.29) is 11.3 Å².